The standard InChI is InChI=1S/C21H18ClNO5/c1-27-21(26)17(10-13-5-3-2-4-6-13)23-19(24)16-11-15-9-14(12-22)7-8-18(15)28-20(16)25/h2-9,11,17H,10,12H2,1H3,(H,23,24). The van der Waals surface area contributed by atoms with E-state index in [4.69, 9.17) is 20.8 Å². The van der Waals surface area contributed by atoms with Crippen molar-refractivity contribution in [3.63, 3.8) is 0 Å². The van der Waals surface area contributed by atoms with Crippen LogP contribution in [0, 0.1) is 0 Å². The van der Waals surface area contributed by atoms with E-state index in [1.54, 1.807) is 18.2 Å². The van der Waals surface area contributed by atoms with E-state index in [0.29, 0.717) is 11.0 Å². The van der Waals surface area contributed by atoms with Crippen molar-refractivity contribution in [3.05, 3.63) is 81.7 Å². The fourth-order valence-corrected chi connectivity index (χ4v) is 3.00. The Bertz CT molecular complexity index is 1060. The van der Waals surface area contributed by atoms with Crippen LogP contribution in [0.25, 0.3) is 11.0 Å². The highest BCUT2D eigenvalue weighted by atomic mass is 35.5. The van der Waals surface area contributed by atoms with Gasteiger partial charge in [-0.2, -0.15) is 0 Å². The zero-order valence-corrected chi connectivity index (χ0v) is 15.9. The minimum absolute atomic E-state index is 0.193. The molecule has 0 saturated heterocycles. The molecule has 1 atom stereocenters. The molecule has 0 saturated carbocycles. The number of hydrogen-bond donors (Lipinski definition) is 1. The van der Waals surface area contributed by atoms with Crippen LogP contribution in [0.4, 0.5) is 0 Å². The highest BCUT2D eigenvalue weighted by Crippen LogP contribution is 2.17. The van der Waals surface area contributed by atoms with Crippen molar-refractivity contribution in [2.24, 2.45) is 0 Å². The number of benzene rings is 2. The molecule has 0 fully saturated rings. The second kappa shape index (κ2) is 8.71. The van der Waals surface area contributed by atoms with Crippen LogP contribution in [-0.4, -0.2) is 25.0 Å². The third-order valence-corrected chi connectivity index (χ3v) is 4.58. The Hall–Kier alpha value is -3.12. The number of nitrogens with one attached hydrogen (secondary N) is 1. The van der Waals surface area contributed by atoms with Gasteiger partial charge in [-0.05, 0) is 29.3 Å². The van der Waals surface area contributed by atoms with Crippen molar-refractivity contribution in [1.29, 1.82) is 0 Å². The number of methoxy groups -OCH3 is 1. The van der Waals surface area contributed by atoms with Gasteiger partial charge in [-0.15, -0.1) is 11.6 Å². The first-order valence-corrected chi connectivity index (χ1v) is 9.10. The van der Waals surface area contributed by atoms with Crippen LogP contribution in [0.2, 0.25) is 0 Å². The molecule has 1 unspecified atom stereocenters. The second-order valence-corrected chi connectivity index (χ2v) is 6.46. The average Bonchev–Trinajstić information content (AvgIpc) is 2.72. The Morgan fingerprint density at radius 2 is 1.86 bits per heavy atom. The van der Waals surface area contributed by atoms with E-state index in [-0.39, 0.29) is 17.9 Å². The molecule has 28 heavy (non-hydrogen) atoms. The molecule has 7 heteroatoms. The predicted molar refractivity (Wildman–Crippen MR) is 105 cm³/mol. The smallest absolute Gasteiger partial charge is 0.349 e. The van der Waals surface area contributed by atoms with Crippen molar-refractivity contribution in [2.75, 3.05) is 7.11 Å². The van der Waals surface area contributed by atoms with Crippen LogP contribution in [0.5, 0.6) is 0 Å². The lowest BCUT2D eigenvalue weighted by Crippen LogP contribution is -2.44. The zero-order chi connectivity index (χ0) is 20.1. The molecular weight excluding hydrogens is 382 g/mol. The maximum atomic E-state index is 12.7. The summed E-state index contributed by atoms with van der Waals surface area (Å²) in [7, 11) is 1.24. The number of esters is 1. The Kier molecular flexibility index (Phi) is 6.11. The first-order chi connectivity index (χ1) is 13.5. The summed E-state index contributed by atoms with van der Waals surface area (Å²) in [5.41, 5.74) is 1.04. The molecular formula is C21H18ClNO5. The Morgan fingerprint density at radius 1 is 1.11 bits per heavy atom. The Morgan fingerprint density at radius 3 is 2.54 bits per heavy atom. The van der Waals surface area contributed by atoms with E-state index in [2.05, 4.69) is 5.32 Å². The number of rotatable bonds is 6. The van der Waals surface area contributed by atoms with Crippen LogP contribution < -0.4 is 10.9 Å². The fourth-order valence-electron chi connectivity index (χ4n) is 2.84. The number of carbonyl (C=O) groups excluding carboxylic acids is 2. The summed E-state index contributed by atoms with van der Waals surface area (Å²) in [5, 5.41) is 3.14. The third-order valence-electron chi connectivity index (χ3n) is 4.27. The third kappa shape index (κ3) is 4.40. The number of carbonyl (C=O) groups is 2. The predicted octanol–water partition coefficient (Wildman–Crippen LogP) is 3.05. The molecule has 0 bridgehead atoms. The van der Waals surface area contributed by atoms with E-state index in [9.17, 15) is 14.4 Å². The van der Waals surface area contributed by atoms with E-state index in [0.717, 1.165) is 11.1 Å². The molecule has 1 amide bonds. The summed E-state index contributed by atoms with van der Waals surface area (Å²) in [6, 6.07) is 14.8. The summed E-state index contributed by atoms with van der Waals surface area (Å²) in [6.45, 7) is 0. The van der Waals surface area contributed by atoms with E-state index >= 15 is 0 Å². The Balaban J connectivity index is 1.89. The highest BCUT2D eigenvalue weighted by Gasteiger charge is 2.24. The average molecular weight is 400 g/mol. The largest absolute Gasteiger partial charge is 0.467 e. The summed E-state index contributed by atoms with van der Waals surface area (Å²) < 4.78 is 10.0. The van der Waals surface area contributed by atoms with Gasteiger partial charge in [0.15, 0.2) is 0 Å². The molecule has 3 rings (SSSR count). The Labute approximate surface area is 166 Å². The maximum Gasteiger partial charge on any atom is 0.349 e. The minimum Gasteiger partial charge on any atom is -0.467 e. The van der Waals surface area contributed by atoms with Crippen molar-refractivity contribution in [2.45, 2.75) is 18.3 Å². The topological polar surface area (TPSA) is 85.6 Å². The molecule has 1 aromatic heterocycles. The second-order valence-electron chi connectivity index (χ2n) is 6.19. The van der Waals surface area contributed by atoms with Gasteiger partial charge in [0.25, 0.3) is 5.91 Å². The van der Waals surface area contributed by atoms with Crippen LogP contribution in [-0.2, 0) is 21.8 Å². The van der Waals surface area contributed by atoms with Crippen molar-refractivity contribution in [1.82, 2.24) is 5.32 Å². The molecule has 0 aliphatic heterocycles. The number of hydrogen-bond acceptors (Lipinski definition) is 5. The number of alkyl halides is 1. The van der Waals surface area contributed by atoms with Crippen LogP contribution in [0.15, 0.2) is 63.8 Å². The lowest BCUT2D eigenvalue weighted by atomic mass is 10.1. The molecule has 1 heterocycles. The van der Waals surface area contributed by atoms with Crippen LogP contribution >= 0.6 is 11.6 Å². The summed E-state index contributed by atoms with van der Waals surface area (Å²) in [6.07, 6.45) is 0.231. The van der Waals surface area contributed by atoms with Gasteiger partial charge >= 0.3 is 11.6 Å². The van der Waals surface area contributed by atoms with Crippen LogP contribution in [0.3, 0.4) is 0 Å². The number of halogens is 1. The van der Waals surface area contributed by atoms with E-state index in [1.165, 1.54) is 13.2 Å². The molecule has 0 spiro atoms. The SMILES string of the molecule is COC(=O)C(Cc1ccccc1)NC(=O)c1cc2cc(CCl)ccc2oc1=O. The molecule has 3 aromatic rings. The first kappa shape index (κ1) is 19.6. The van der Waals surface area contributed by atoms with Crippen molar-refractivity contribution >= 4 is 34.4 Å². The van der Waals surface area contributed by atoms with Gasteiger partial charge in [0, 0.05) is 17.7 Å². The number of amides is 1. The van der Waals surface area contributed by atoms with E-state index < -0.39 is 23.5 Å². The van der Waals surface area contributed by atoms with Crippen molar-refractivity contribution in [3.8, 4) is 0 Å². The lowest BCUT2D eigenvalue weighted by Gasteiger charge is -2.16. The zero-order valence-electron chi connectivity index (χ0n) is 15.1. The lowest BCUT2D eigenvalue weighted by molar-refractivity contribution is -0.142. The normalized spacial score (nSPS) is 11.8. The summed E-state index contributed by atoms with van der Waals surface area (Å²) >= 11 is 5.83. The molecule has 0 aliphatic rings. The maximum absolute atomic E-state index is 12.7. The van der Waals surface area contributed by atoms with Gasteiger partial charge in [-0.1, -0.05) is 36.4 Å². The van der Waals surface area contributed by atoms with Gasteiger partial charge in [0.1, 0.15) is 17.2 Å². The van der Waals surface area contributed by atoms with Gasteiger partial charge in [0.2, 0.25) is 0 Å². The molecule has 0 radical (unpaired) electrons. The monoisotopic (exact) mass is 399 g/mol. The van der Waals surface area contributed by atoms with Gasteiger partial charge < -0.3 is 14.5 Å². The van der Waals surface area contributed by atoms with Gasteiger partial charge in [-0.25, -0.2) is 9.59 Å². The summed E-state index contributed by atoms with van der Waals surface area (Å²) in [4.78, 5) is 37.0. The molecule has 6 nitrogen and oxygen atoms in total. The van der Waals surface area contributed by atoms with Gasteiger partial charge in [0.05, 0.1) is 7.11 Å². The quantitative estimate of drug-likeness (QED) is 0.391. The summed E-state index contributed by atoms with van der Waals surface area (Å²) in [5.74, 6) is -1.02. The highest BCUT2D eigenvalue weighted by molar-refractivity contribution is 6.17. The fraction of sp³-hybridized carbons (Fsp3) is 0.190. The molecule has 144 valence electrons. The number of ether oxygens (including phenoxy) is 1. The minimum atomic E-state index is -0.941. The van der Waals surface area contributed by atoms with Crippen LogP contribution in [0.1, 0.15) is 21.5 Å². The van der Waals surface area contributed by atoms with Gasteiger partial charge in [-0.3, -0.25) is 4.79 Å². The molecule has 2 aromatic carbocycles. The van der Waals surface area contributed by atoms with Crippen molar-refractivity contribution < 1.29 is 18.7 Å². The van der Waals surface area contributed by atoms with E-state index in [1.807, 2.05) is 30.3 Å². The number of fused-ring (bicyclic) bond motifs is 1. The molecule has 0 aliphatic carbocycles. The first-order valence-electron chi connectivity index (χ1n) is 8.57. The molecule has 1 N–H and O–H groups in total.